The van der Waals surface area contributed by atoms with E-state index in [4.69, 9.17) is 4.74 Å². The third-order valence-electron chi connectivity index (χ3n) is 6.00. The first kappa shape index (κ1) is 16.2. The maximum atomic E-state index is 13.1. The number of rotatable bonds is 3. The van der Waals surface area contributed by atoms with Crippen LogP contribution in [-0.2, 0) is 4.74 Å². The number of amides is 1. The zero-order chi connectivity index (χ0) is 16.8. The van der Waals surface area contributed by atoms with Crippen LogP contribution in [0.15, 0.2) is 6.07 Å². The van der Waals surface area contributed by atoms with Crippen LogP contribution in [0.5, 0.6) is 0 Å². The van der Waals surface area contributed by atoms with Gasteiger partial charge in [-0.2, -0.15) is 0 Å². The van der Waals surface area contributed by atoms with E-state index in [1.807, 2.05) is 0 Å². The number of carbonyl (C=O) groups is 1. The molecule has 3 fully saturated rings. The van der Waals surface area contributed by atoms with E-state index >= 15 is 0 Å². The molecule has 0 N–H and O–H groups in total. The van der Waals surface area contributed by atoms with Crippen LogP contribution in [0.2, 0.25) is 0 Å². The van der Waals surface area contributed by atoms with Gasteiger partial charge in [0.2, 0.25) is 0 Å². The monoisotopic (exact) mass is 331 g/mol. The first-order valence-electron chi connectivity index (χ1n) is 9.35. The Labute approximate surface area is 144 Å². The molecule has 0 radical (unpaired) electrons. The van der Waals surface area contributed by atoms with Gasteiger partial charge in [0, 0.05) is 49.7 Å². The van der Waals surface area contributed by atoms with Gasteiger partial charge >= 0.3 is 0 Å². The Morgan fingerprint density at radius 1 is 1.17 bits per heavy atom. The highest BCUT2D eigenvalue weighted by molar-refractivity contribution is 5.96. The quantitative estimate of drug-likeness (QED) is 0.852. The van der Waals surface area contributed by atoms with Crippen molar-refractivity contribution in [2.45, 2.75) is 45.7 Å². The molecule has 1 aromatic heterocycles. The van der Waals surface area contributed by atoms with Gasteiger partial charge in [-0.3, -0.25) is 9.69 Å². The number of hydrogen-bond acceptors (Lipinski definition) is 3. The van der Waals surface area contributed by atoms with Gasteiger partial charge in [0.15, 0.2) is 0 Å². The largest absolute Gasteiger partial charge is 0.379 e. The number of likely N-dealkylation sites (tertiary alicyclic amines) is 1. The minimum absolute atomic E-state index is 0.220. The number of ether oxygens (including phenoxy) is 1. The SMILES string of the molecule is Cc1cc(C(=O)N2CC(C)C(N3CCOCC3)C2)c(C)n1C1CC1. The summed E-state index contributed by atoms with van der Waals surface area (Å²) in [4.78, 5) is 17.7. The number of nitrogens with zero attached hydrogens (tertiary/aromatic N) is 3. The molecule has 0 aromatic carbocycles. The second-order valence-electron chi connectivity index (χ2n) is 7.79. The smallest absolute Gasteiger partial charge is 0.255 e. The highest BCUT2D eigenvalue weighted by atomic mass is 16.5. The molecule has 1 aliphatic carbocycles. The van der Waals surface area contributed by atoms with Crippen LogP contribution in [0, 0.1) is 19.8 Å². The molecule has 1 amide bonds. The fourth-order valence-electron chi connectivity index (χ4n) is 4.56. The van der Waals surface area contributed by atoms with Gasteiger partial charge < -0.3 is 14.2 Å². The predicted molar refractivity (Wildman–Crippen MR) is 93.4 cm³/mol. The van der Waals surface area contributed by atoms with Crippen molar-refractivity contribution in [1.29, 1.82) is 0 Å². The first-order valence-corrected chi connectivity index (χ1v) is 9.35. The van der Waals surface area contributed by atoms with E-state index in [2.05, 4.69) is 41.2 Å². The maximum absolute atomic E-state index is 13.1. The van der Waals surface area contributed by atoms with Crippen molar-refractivity contribution in [3.63, 3.8) is 0 Å². The molecule has 0 bridgehead atoms. The average molecular weight is 331 g/mol. The molecular weight excluding hydrogens is 302 g/mol. The summed E-state index contributed by atoms with van der Waals surface area (Å²) in [5.74, 6) is 0.747. The van der Waals surface area contributed by atoms with Gasteiger partial charge in [-0.25, -0.2) is 0 Å². The molecule has 3 aliphatic rings. The number of aromatic nitrogens is 1. The fraction of sp³-hybridized carbons (Fsp3) is 0.737. The third kappa shape index (κ3) is 2.78. The van der Waals surface area contributed by atoms with Crippen LogP contribution in [0.3, 0.4) is 0 Å². The van der Waals surface area contributed by atoms with Crippen molar-refractivity contribution in [1.82, 2.24) is 14.4 Å². The van der Waals surface area contributed by atoms with Crippen LogP contribution in [0.4, 0.5) is 0 Å². The van der Waals surface area contributed by atoms with E-state index in [9.17, 15) is 4.79 Å². The lowest BCUT2D eigenvalue weighted by atomic mass is 10.0. The molecule has 5 heteroatoms. The Bertz CT molecular complexity index is 629. The van der Waals surface area contributed by atoms with Crippen LogP contribution < -0.4 is 0 Å². The molecule has 2 aliphatic heterocycles. The average Bonchev–Trinajstić information content (AvgIpc) is 3.26. The minimum Gasteiger partial charge on any atom is -0.379 e. The van der Waals surface area contributed by atoms with Crippen molar-refractivity contribution < 1.29 is 9.53 Å². The zero-order valence-corrected chi connectivity index (χ0v) is 15.1. The van der Waals surface area contributed by atoms with Gasteiger partial charge in [0.25, 0.3) is 5.91 Å². The normalized spacial score (nSPS) is 28.5. The Kier molecular flexibility index (Phi) is 4.17. The lowest BCUT2D eigenvalue weighted by Gasteiger charge is -2.33. The summed E-state index contributed by atoms with van der Waals surface area (Å²) in [7, 11) is 0. The molecule has 2 unspecified atom stereocenters. The van der Waals surface area contributed by atoms with Crippen LogP contribution in [0.1, 0.15) is 47.6 Å². The maximum Gasteiger partial charge on any atom is 0.255 e. The van der Waals surface area contributed by atoms with Crippen molar-refractivity contribution in [3.8, 4) is 0 Å². The molecule has 1 saturated carbocycles. The summed E-state index contributed by atoms with van der Waals surface area (Å²) in [6, 6.07) is 3.21. The van der Waals surface area contributed by atoms with E-state index in [1.165, 1.54) is 18.5 Å². The Hall–Kier alpha value is -1.33. The first-order chi connectivity index (χ1) is 11.6. The number of morpholine rings is 1. The molecule has 2 atom stereocenters. The lowest BCUT2D eigenvalue weighted by molar-refractivity contribution is 0.0119. The molecule has 24 heavy (non-hydrogen) atoms. The molecule has 3 heterocycles. The lowest BCUT2D eigenvalue weighted by Crippen LogP contribution is -2.47. The van der Waals surface area contributed by atoms with Gasteiger partial charge in [-0.15, -0.1) is 0 Å². The van der Waals surface area contributed by atoms with E-state index in [-0.39, 0.29) is 5.91 Å². The van der Waals surface area contributed by atoms with Gasteiger partial charge in [-0.1, -0.05) is 6.92 Å². The fourth-order valence-corrected chi connectivity index (χ4v) is 4.56. The Balaban J connectivity index is 1.50. The van der Waals surface area contributed by atoms with Gasteiger partial charge in [-0.05, 0) is 38.7 Å². The molecule has 2 saturated heterocycles. The van der Waals surface area contributed by atoms with E-state index in [0.717, 1.165) is 50.7 Å². The van der Waals surface area contributed by atoms with Gasteiger partial charge in [0.1, 0.15) is 0 Å². The number of hydrogen-bond donors (Lipinski definition) is 0. The minimum atomic E-state index is 0.220. The second kappa shape index (κ2) is 6.19. The third-order valence-corrected chi connectivity index (χ3v) is 6.00. The molecule has 132 valence electrons. The molecule has 0 spiro atoms. The Morgan fingerprint density at radius 3 is 2.54 bits per heavy atom. The summed E-state index contributed by atoms with van der Waals surface area (Å²) in [5.41, 5.74) is 3.30. The number of aryl methyl sites for hydroxylation is 1. The summed E-state index contributed by atoms with van der Waals surface area (Å²) in [5, 5.41) is 0. The summed E-state index contributed by atoms with van der Waals surface area (Å²) >= 11 is 0. The molecule has 4 rings (SSSR count). The second-order valence-corrected chi connectivity index (χ2v) is 7.79. The topological polar surface area (TPSA) is 37.7 Å². The summed E-state index contributed by atoms with van der Waals surface area (Å²) < 4.78 is 7.84. The van der Waals surface area contributed by atoms with Crippen molar-refractivity contribution in [2.75, 3.05) is 39.4 Å². The van der Waals surface area contributed by atoms with Crippen LogP contribution in [-0.4, -0.2) is 65.7 Å². The highest BCUT2D eigenvalue weighted by Gasteiger charge is 2.38. The van der Waals surface area contributed by atoms with Crippen molar-refractivity contribution in [2.24, 2.45) is 5.92 Å². The van der Waals surface area contributed by atoms with Gasteiger partial charge in [0.05, 0.1) is 18.8 Å². The summed E-state index contributed by atoms with van der Waals surface area (Å²) in [6.45, 7) is 11.9. The standard InChI is InChI=1S/C19H29N3O2/c1-13-11-21(12-18(13)20-6-8-24-9-7-20)19(23)17-10-14(2)22(15(17)3)16-4-5-16/h10,13,16,18H,4-9,11-12H2,1-3H3. The van der Waals surface area contributed by atoms with Crippen molar-refractivity contribution in [3.05, 3.63) is 23.0 Å². The van der Waals surface area contributed by atoms with E-state index < -0.39 is 0 Å². The van der Waals surface area contributed by atoms with Crippen molar-refractivity contribution >= 4 is 5.91 Å². The number of carbonyl (C=O) groups excluding carboxylic acids is 1. The van der Waals surface area contributed by atoms with Crippen LogP contribution >= 0.6 is 0 Å². The van der Waals surface area contributed by atoms with E-state index in [0.29, 0.717) is 18.0 Å². The van der Waals surface area contributed by atoms with E-state index in [1.54, 1.807) is 0 Å². The summed E-state index contributed by atoms with van der Waals surface area (Å²) in [6.07, 6.45) is 2.51. The molecular formula is C19H29N3O2. The Morgan fingerprint density at radius 2 is 1.88 bits per heavy atom. The molecule has 1 aromatic rings. The van der Waals surface area contributed by atoms with Crippen LogP contribution in [0.25, 0.3) is 0 Å². The zero-order valence-electron chi connectivity index (χ0n) is 15.1. The predicted octanol–water partition coefficient (Wildman–Crippen LogP) is 2.23. The highest BCUT2D eigenvalue weighted by Crippen LogP contribution is 2.38. The molecule has 5 nitrogen and oxygen atoms in total.